The predicted octanol–water partition coefficient (Wildman–Crippen LogP) is 0.900. The SMILES string of the molecule is Cc1cc2nnc(C3CCNCC3)n2cn1. The zero-order valence-electron chi connectivity index (χ0n) is 9.35. The maximum Gasteiger partial charge on any atom is 0.163 e. The second-order valence-corrected chi connectivity index (χ2v) is 4.34. The Morgan fingerprint density at radius 1 is 1.31 bits per heavy atom. The number of nitrogens with one attached hydrogen (secondary N) is 1. The molecule has 0 atom stereocenters. The van der Waals surface area contributed by atoms with Gasteiger partial charge in [0.2, 0.25) is 0 Å². The first-order valence-corrected chi connectivity index (χ1v) is 5.72. The minimum absolute atomic E-state index is 0.515. The zero-order valence-corrected chi connectivity index (χ0v) is 9.35. The van der Waals surface area contributed by atoms with Gasteiger partial charge >= 0.3 is 0 Å². The van der Waals surface area contributed by atoms with Crippen LogP contribution in [0.1, 0.15) is 30.3 Å². The van der Waals surface area contributed by atoms with Gasteiger partial charge in [-0.2, -0.15) is 0 Å². The van der Waals surface area contributed by atoms with Gasteiger partial charge in [-0.05, 0) is 32.9 Å². The molecule has 84 valence electrons. The highest BCUT2D eigenvalue weighted by Gasteiger charge is 2.20. The number of aromatic nitrogens is 4. The largest absolute Gasteiger partial charge is 0.317 e. The van der Waals surface area contributed by atoms with Crippen molar-refractivity contribution in [2.75, 3.05) is 13.1 Å². The summed E-state index contributed by atoms with van der Waals surface area (Å²) in [6.45, 7) is 4.11. The molecule has 5 nitrogen and oxygen atoms in total. The van der Waals surface area contributed by atoms with Crippen molar-refractivity contribution < 1.29 is 0 Å². The number of fused-ring (bicyclic) bond motifs is 1. The van der Waals surface area contributed by atoms with E-state index >= 15 is 0 Å². The molecule has 2 aromatic rings. The lowest BCUT2D eigenvalue weighted by molar-refractivity contribution is 0.442. The minimum atomic E-state index is 0.515. The Morgan fingerprint density at radius 2 is 2.12 bits per heavy atom. The van der Waals surface area contributed by atoms with Gasteiger partial charge in [-0.15, -0.1) is 10.2 Å². The summed E-state index contributed by atoms with van der Waals surface area (Å²) in [4.78, 5) is 4.30. The van der Waals surface area contributed by atoms with E-state index in [1.165, 1.54) is 0 Å². The molecule has 2 aromatic heterocycles. The molecule has 0 unspecified atom stereocenters. The van der Waals surface area contributed by atoms with Crippen molar-refractivity contribution in [2.24, 2.45) is 0 Å². The molecular weight excluding hydrogens is 202 g/mol. The van der Waals surface area contributed by atoms with Crippen LogP contribution in [0.5, 0.6) is 0 Å². The van der Waals surface area contributed by atoms with Crippen LogP contribution in [-0.2, 0) is 0 Å². The van der Waals surface area contributed by atoms with Crippen molar-refractivity contribution in [1.29, 1.82) is 0 Å². The van der Waals surface area contributed by atoms with Crippen LogP contribution in [0, 0.1) is 6.92 Å². The lowest BCUT2D eigenvalue weighted by atomic mass is 9.97. The van der Waals surface area contributed by atoms with E-state index in [0.29, 0.717) is 5.92 Å². The van der Waals surface area contributed by atoms with Crippen LogP contribution in [0.4, 0.5) is 0 Å². The van der Waals surface area contributed by atoms with Gasteiger partial charge in [-0.1, -0.05) is 0 Å². The maximum atomic E-state index is 4.31. The molecule has 0 saturated carbocycles. The van der Waals surface area contributed by atoms with Gasteiger partial charge in [-0.3, -0.25) is 4.40 Å². The Balaban J connectivity index is 2.03. The second-order valence-electron chi connectivity index (χ2n) is 4.34. The third-order valence-corrected chi connectivity index (χ3v) is 3.17. The van der Waals surface area contributed by atoms with Crippen molar-refractivity contribution in [3.8, 4) is 0 Å². The topological polar surface area (TPSA) is 55.1 Å². The normalized spacial score (nSPS) is 18.1. The molecule has 16 heavy (non-hydrogen) atoms. The van der Waals surface area contributed by atoms with E-state index in [-0.39, 0.29) is 0 Å². The van der Waals surface area contributed by atoms with Crippen molar-refractivity contribution in [2.45, 2.75) is 25.7 Å². The number of nitrogens with zero attached hydrogens (tertiary/aromatic N) is 4. The van der Waals surface area contributed by atoms with Crippen molar-refractivity contribution in [3.63, 3.8) is 0 Å². The fourth-order valence-corrected chi connectivity index (χ4v) is 2.26. The molecule has 3 heterocycles. The first kappa shape index (κ1) is 9.72. The smallest absolute Gasteiger partial charge is 0.163 e. The second kappa shape index (κ2) is 3.83. The quantitative estimate of drug-likeness (QED) is 0.771. The molecule has 0 radical (unpaired) electrons. The summed E-state index contributed by atoms with van der Waals surface area (Å²) >= 11 is 0. The van der Waals surface area contributed by atoms with E-state index in [4.69, 9.17) is 0 Å². The summed E-state index contributed by atoms with van der Waals surface area (Å²) in [6.07, 6.45) is 4.10. The molecular formula is C11H15N5. The van der Waals surface area contributed by atoms with Crippen LogP contribution < -0.4 is 5.32 Å². The summed E-state index contributed by atoms with van der Waals surface area (Å²) in [5.41, 5.74) is 1.89. The number of piperidine rings is 1. The molecule has 1 saturated heterocycles. The van der Waals surface area contributed by atoms with Crippen LogP contribution in [0.2, 0.25) is 0 Å². The Hall–Kier alpha value is -1.49. The molecule has 0 aliphatic carbocycles. The molecule has 1 aliphatic rings. The Kier molecular flexibility index (Phi) is 2.32. The number of hydrogen-bond acceptors (Lipinski definition) is 4. The highest BCUT2D eigenvalue weighted by atomic mass is 15.3. The highest BCUT2D eigenvalue weighted by molar-refractivity contribution is 5.38. The zero-order chi connectivity index (χ0) is 11.0. The molecule has 1 aliphatic heterocycles. The molecule has 3 rings (SSSR count). The van der Waals surface area contributed by atoms with Crippen LogP contribution in [0.15, 0.2) is 12.4 Å². The van der Waals surface area contributed by atoms with Gasteiger partial charge in [-0.25, -0.2) is 4.98 Å². The van der Waals surface area contributed by atoms with E-state index in [1.54, 1.807) is 0 Å². The average Bonchev–Trinajstić information content (AvgIpc) is 2.73. The maximum absolute atomic E-state index is 4.31. The average molecular weight is 217 g/mol. The predicted molar refractivity (Wildman–Crippen MR) is 60.4 cm³/mol. The Morgan fingerprint density at radius 3 is 2.94 bits per heavy atom. The van der Waals surface area contributed by atoms with Crippen LogP contribution >= 0.6 is 0 Å². The molecule has 0 aromatic carbocycles. The van der Waals surface area contributed by atoms with Gasteiger partial charge in [0, 0.05) is 17.7 Å². The van der Waals surface area contributed by atoms with Gasteiger partial charge in [0.15, 0.2) is 5.65 Å². The molecule has 0 amide bonds. The van der Waals surface area contributed by atoms with E-state index in [0.717, 1.165) is 43.1 Å². The summed E-state index contributed by atoms with van der Waals surface area (Å²) < 4.78 is 2.02. The van der Waals surface area contributed by atoms with Crippen LogP contribution in [-0.4, -0.2) is 32.7 Å². The van der Waals surface area contributed by atoms with Gasteiger partial charge in [0.05, 0.1) is 0 Å². The van der Waals surface area contributed by atoms with E-state index in [9.17, 15) is 0 Å². The summed E-state index contributed by atoms with van der Waals surface area (Å²) in [5, 5.41) is 11.9. The van der Waals surface area contributed by atoms with Crippen molar-refractivity contribution in [1.82, 2.24) is 24.9 Å². The highest BCUT2D eigenvalue weighted by Crippen LogP contribution is 2.23. The number of aryl methyl sites for hydroxylation is 1. The van der Waals surface area contributed by atoms with Crippen LogP contribution in [0.25, 0.3) is 5.65 Å². The van der Waals surface area contributed by atoms with Gasteiger partial charge in [0.1, 0.15) is 12.2 Å². The van der Waals surface area contributed by atoms with E-state index in [2.05, 4.69) is 20.5 Å². The van der Waals surface area contributed by atoms with E-state index in [1.807, 2.05) is 23.7 Å². The monoisotopic (exact) mass is 217 g/mol. The summed E-state index contributed by atoms with van der Waals surface area (Å²) in [6, 6.07) is 1.97. The summed E-state index contributed by atoms with van der Waals surface area (Å²) in [5.74, 6) is 1.57. The third kappa shape index (κ3) is 1.57. The molecule has 0 spiro atoms. The molecule has 0 bridgehead atoms. The Bertz CT molecular complexity index is 498. The fourth-order valence-electron chi connectivity index (χ4n) is 2.26. The van der Waals surface area contributed by atoms with Gasteiger partial charge in [0.25, 0.3) is 0 Å². The number of rotatable bonds is 1. The first-order chi connectivity index (χ1) is 7.84. The first-order valence-electron chi connectivity index (χ1n) is 5.72. The molecule has 1 N–H and O–H groups in total. The van der Waals surface area contributed by atoms with Crippen LogP contribution in [0.3, 0.4) is 0 Å². The fraction of sp³-hybridized carbons (Fsp3) is 0.545. The standard InChI is InChI=1S/C11H15N5/c1-8-6-10-14-15-11(16(10)7-13-8)9-2-4-12-5-3-9/h6-7,9,12H,2-5H2,1H3. The lowest BCUT2D eigenvalue weighted by Gasteiger charge is -2.20. The number of hydrogen-bond donors (Lipinski definition) is 1. The third-order valence-electron chi connectivity index (χ3n) is 3.17. The van der Waals surface area contributed by atoms with Crippen molar-refractivity contribution >= 4 is 5.65 Å². The van der Waals surface area contributed by atoms with E-state index < -0.39 is 0 Å². The molecule has 5 heteroatoms. The van der Waals surface area contributed by atoms with Gasteiger partial charge < -0.3 is 5.32 Å². The lowest BCUT2D eigenvalue weighted by Crippen LogP contribution is -2.27. The summed E-state index contributed by atoms with van der Waals surface area (Å²) in [7, 11) is 0. The molecule has 1 fully saturated rings. The van der Waals surface area contributed by atoms with Crippen molar-refractivity contribution in [3.05, 3.63) is 23.9 Å². The minimum Gasteiger partial charge on any atom is -0.317 e. The Labute approximate surface area is 93.9 Å².